The molecular weight excluding hydrogens is 216 g/mol. The smallest absolute Gasteiger partial charge is 0.237 e. The normalized spacial score (nSPS) is 14.7. The van der Waals surface area contributed by atoms with Gasteiger partial charge in [0.05, 0.1) is 12.6 Å². The van der Waals surface area contributed by atoms with Gasteiger partial charge >= 0.3 is 0 Å². The summed E-state index contributed by atoms with van der Waals surface area (Å²) < 4.78 is 0. The van der Waals surface area contributed by atoms with Gasteiger partial charge in [-0.3, -0.25) is 9.69 Å². The minimum Gasteiger partial charge on any atom is -0.395 e. The lowest BCUT2D eigenvalue weighted by Crippen LogP contribution is -2.48. The van der Waals surface area contributed by atoms with E-state index in [1.807, 2.05) is 18.7 Å². The molecule has 2 unspecified atom stereocenters. The molecule has 0 aliphatic heterocycles. The molecule has 0 fully saturated rings. The maximum absolute atomic E-state index is 12.0. The van der Waals surface area contributed by atoms with Crippen LogP contribution in [0.3, 0.4) is 0 Å². The van der Waals surface area contributed by atoms with E-state index in [2.05, 4.69) is 19.2 Å². The summed E-state index contributed by atoms with van der Waals surface area (Å²) in [7, 11) is 0. The minimum atomic E-state index is -0.165. The maximum atomic E-state index is 12.0. The van der Waals surface area contributed by atoms with Crippen molar-refractivity contribution in [1.29, 1.82) is 0 Å². The molecular formula is C13H28N2O2. The highest BCUT2D eigenvalue weighted by atomic mass is 16.3. The zero-order valence-corrected chi connectivity index (χ0v) is 11.7. The number of rotatable bonds is 9. The summed E-state index contributed by atoms with van der Waals surface area (Å²) in [6.45, 7) is 9.63. The lowest BCUT2D eigenvalue weighted by atomic mass is 10.1. The molecule has 0 radical (unpaired) electrons. The molecule has 0 aromatic rings. The zero-order chi connectivity index (χ0) is 13.3. The first-order chi connectivity index (χ1) is 8.06. The second kappa shape index (κ2) is 9.42. The van der Waals surface area contributed by atoms with Gasteiger partial charge in [0, 0.05) is 12.6 Å². The van der Waals surface area contributed by atoms with Gasteiger partial charge in [-0.1, -0.05) is 20.3 Å². The molecule has 1 amide bonds. The zero-order valence-electron chi connectivity index (χ0n) is 11.7. The molecule has 0 aromatic heterocycles. The summed E-state index contributed by atoms with van der Waals surface area (Å²) >= 11 is 0. The van der Waals surface area contributed by atoms with Crippen molar-refractivity contribution in [3.8, 4) is 0 Å². The van der Waals surface area contributed by atoms with Gasteiger partial charge in [-0.05, 0) is 33.2 Å². The van der Waals surface area contributed by atoms with Crippen molar-refractivity contribution < 1.29 is 9.90 Å². The van der Waals surface area contributed by atoms with E-state index in [0.29, 0.717) is 6.54 Å². The van der Waals surface area contributed by atoms with Crippen LogP contribution in [0.25, 0.3) is 0 Å². The molecule has 0 saturated heterocycles. The van der Waals surface area contributed by atoms with Crippen molar-refractivity contribution >= 4 is 5.91 Å². The monoisotopic (exact) mass is 244 g/mol. The summed E-state index contributed by atoms with van der Waals surface area (Å²) in [5, 5.41) is 12.0. The van der Waals surface area contributed by atoms with Crippen molar-refractivity contribution in [2.75, 3.05) is 19.7 Å². The molecule has 2 atom stereocenters. The Balaban J connectivity index is 4.23. The first-order valence-electron chi connectivity index (χ1n) is 6.72. The number of aliphatic hydroxyl groups excluding tert-OH is 1. The van der Waals surface area contributed by atoms with Gasteiger partial charge in [0.2, 0.25) is 5.91 Å². The Kier molecular flexibility index (Phi) is 9.09. The van der Waals surface area contributed by atoms with E-state index in [9.17, 15) is 4.79 Å². The molecule has 0 aliphatic carbocycles. The quantitative estimate of drug-likeness (QED) is 0.644. The third-order valence-corrected chi connectivity index (χ3v) is 2.94. The molecule has 0 saturated carbocycles. The summed E-state index contributed by atoms with van der Waals surface area (Å²) in [6, 6.07) is 0.0639. The molecule has 0 bridgehead atoms. The van der Waals surface area contributed by atoms with E-state index in [-0.39, 0.29) is 24.6 Å². The van der Waals surface area contributed by atoms with Gasteiger partial charge < -0.3 is 10.4 Å². The van der Waals surface area contributed by atoms with Crippen LogP contribution in [-0.4, -0.2) is 47.7 Å². The SMILES string of the molecule is CCCC(C)NC(=O)C(C)N(CCC)CCO. The van der Waals surface area contributed by atoms with Crippen LogP contribution in [0.2, 0.25) is 0 Å². The van der Waals surface area contributed by atoms with Crippen molar-refractivity contribution in [1.82, 2.24) is 10.2 Å². The third-order valence-electron chi connectivity index (χ3n) is 2.94. The topological polar surface area (TPSA) is 52.6 Å². The second-order valence-electron chi connectivity index (χ2n) is 4.63. The molecule has 0 aliphatic rings. The Morgan fingerprint density at radius 2 is 1.88 bits per heavy atom. The Morgan fingerprint density at radius 1 is 1.24 bits per heavy atom. The van der Waals surface area contributed by atoms with Crippen molar-refractivity contribution in [3.05, 3.63) is 0 Å². The highest BCUT2D eigenvalue weighted by Crippen LogP contribution is 2.02. The number of hydrogen-bond donors (Lipinski definition) is 2. The number of amides is 1. The Hall–Kier alpha value is -0.610. The second-order valence-corrected chi connectivity index (χ2v) is 4.63. The molecule has 17 heavy (non-hydrogen) atoms. The molecule has 4 nitrogen and oxygen atoms in total. The molecule has 2 N–H and O–H groups in total. The number of carbonyl (C=O) groups excluding carboxylic acids is 1. The van der Waals surface area contributed by atoms with E-state index in [4.69, 9.17) is 5.11 Å². The fraction of sp³-hybridized carbons (Fsp3) is 0.923. The molecule has 0 spiro atoms. The number of nitrogens with zero attached hydrogens (tertiary/aromatic N) is 1. The third kappa shape index (κ3) is 6.64. The standard InChI is InChI=1S/C13H28N2O2/c1-5-7-11(3)14-13(17)12(4)15(8-6-2)9-10-16/h11-12,16H,5-10H2,1-4H3,(H,14,17). The van der Waals surface area contributed by atoms with Gasteiger partial charge in [0.25, 0.3) is 0 Å². The predicted molar refractivity (Wildman–Crippen MR) is 70.9 cm³/mol. The van der Waals surface area contributed by atoms with E-state index >= 15 is 0 Å². The Labute approximate surface area is 105 Å². The van der Waals surface area contributed by atoms with Crippen molar-refractivity contribution in [2.45, 2.75) is 59.0 Å². The lowest BCUT2D eigenvalue weighted by Gasteiger charge is -2.28. The van der Waals surface area contributed by atoms with E-state index in [1.54, 1.807) is 0 Å². The van der Waals surface area contributed by atoms with Gasteiger partial charge in [0.15, 0.2) is 0 Å². The van der Waals surface area contributed by atoms with Gasteiger partial charge in [0.1, 0.15) is 0 Å². The Morgan fingerprint density at radius 3 is 2.35 bits per heavy atom. The van der Waals surface area contributed by atoms with Gasteiger partial charge in [-0.25, -0.2) is 0 Å². The van der Waals surface area contributed by atoms with Crippen LogP contribution in [0.5, 0.6) is 0 Å². The van der Waals surface area contributed by atoms with Gasteiger partial charge in [-0.2, -0.15) is 0 Å². The largest absolute Gasteiger partial charge is 0.395 e. The molecule has 102 valence electrons. The van der Waals surface area contributed by atoms with Crippen LogP contribution in [0, 0.1) is 0 Å². The Bertz CT molecular complexity index is 204. The van der Waals surface area contributed by atoms with Crippen LogP contribution < -0.4 is 5.32 Å². The summed E-state index contributed by atoms with van der Waals surface area (Å²) in [5.74, 6) is 0.0628. The summed E-state index contributed by atoms with van der Waals surface area (Å²) in [6.07, 6.45) is 3.07. The van der Waals surface area contributed by atoms with Crippen LogP contribution >= 0.6 is 0 Å². The highest BCUT2D eigenvalue weighted by Gasteiger charge is 2.21. The predicted octanol–water partition coefficient (Wildman–Crippen LogP) is 1.38. The fourth-order valence-corrected chi connectivity index (χ4v) is 1.95. The molecule has 0 rings (SSSR count). The van der Waals surface area contributed by atoms with E-state index < -0.39 is 0 Å². The van der Waals surface area contributed by atoms with Crippen LogP contribution in [-0.2, 0) is 4.79 Å². The summed E-state index contributed by atoms with van der Waals surface area (Å²) in [4.78, 5) is 14.0. The van der Waals surface area contributed by atoms with E-state index in [1.165, 1.54) is 0 Å². The minimum absolute atomic E-state index is 0.0628. The van der Waals surface area contributed by atoms with Crippen LogP contribution in [0.1, 0.15) is 47.0 Å². The summed E-state index contributed by atoms with van der Waals surface area (Å²) in [5.41, 5.74) is 0. The highest BCUT2D eigenvalue weighted by molar-refractivity contribution is 5.81. The van der Waals surface area contributed by atoms with Gasteiger partial charge in [-0.15, -0.1) is 0 Å². The van der Waals surface area contributed by atoms with Crippen LogP contribution in [0.15, 0.2) is 0 Å². The first kappa shape index (κ1) is 16.4. The molecule has 0 aromatic carbocycles. The van der Waals surface area contributed by atoms with Crippen molar-refractivity contribution in [2.24, 2.45) is 0 Å². The lowest BCUT2D eigenvalue weighted by molar-refractivity contribution is -0.126. The first-order valence-corrected chi connectivity index (χ1v) is 6.72. The number of hydrogen-bond acceptors (Lipinski definition) is 3. The number of carbonyl (C=O) groups is 1. The maximum Gasteiger partial charge on any atom is 0.237 e. The average molecular weight is 244 g/mol. The number of nitrogens with one attached hydrogen (secondary N) is 1. The van der Waals surface area contributed by atoms with Crippen LogP contribution in [0.4, 0.5) is 0 Å². The van der Waals surface area contributed by atoms with E-state index in [0.717, 1.165) is 25.8 Å². The molecule has 0 heterocycles. The number of aliphatic hydroxyl groups is 1. The average Bonchev–Trinajstić information content (AvgIpc) is 2.28. The fourth-order valence-electron chi connectivity index (χ4n) is 1.95. The van der Waals surface area contributed by atoms with Crippen molar-refractivity contribution in [3.63, 3.8) is 0 Å². The molecule has 4 heteroatoms.